The van der Waals surface area contributed by atoms with Gasteiger partial charge < -0.3 is 15.8 Å². The molecule has 0 spiro atoms. The van der Waals surface area contributed by atoms with Crippen LogP contribution in [0.2, 0.25) is 0 Å². The fraction of sp³-hybridized carbons (Fsp3) is 0.800. The van der Waals surface area contributed by atoms with Crippen LogP contribution in [0, 0.1) is 5.92 Å². The lowest BCUT2D eigenvalue weighted by atomic mass is 9.92. The minimum absolute atomic E-state index is 0.0467. The third-order valence-electron chi connectivity index (χ3n) is 2.27. The van der Waals surface area contributed by atoms with E-state index in [1.165, 1.54) is 0 Å². The smallest absolute Gasteiger partial charge is 0.220 e. The van der Waals surface area contributed by atoms with Gasteiger partial charge in [-0.05, 0) is 5.92 Å². The molecule has 0 aromatic carbocycles. The molecule has 1 aliphatic heterocycles. The molecule has 0 unspecified atom stereocenters. The van der Waals surface area contributed by atoms with Crippen molar-refractivity contribution >= 4 is 11.8 Å². The number of primary amides is 1. The van der Waals surface area contributed by atoms with Crippen LogP contribution in [-0.2, 0) is 14.3 Å². The Balaban J connectivity index is 2.46. The molecule has 5 nitrogen and oxygen atoms in total. The van der Waals surface area contributed by atoms with Crippen LogP contribution in [0.15, 0.2) is 0 Å². The largest absolute Gasteiger partial charge is 0.376 e. The topological polar surface area (TPSA) is 81.4 Å². The van der Waals surface area contributed by atoms with Crippen LogP contribution in [-0.4, -0.2) is 30.6 Å². The minimum atomic E-state index is -0.544. The van der Waals surface area contributed by atoms with Gasteiger partial charge in [0.25, 0.3) is 0 Å². The first-order valence-corrected chi connectivity index (χ1v) is 5.10. The summed E-state index contributed by atoms with van der Waals surface area (Å²) in [6.45, 7) is 4.69. The number of rotatable bonds is 5. The van der Waals surface area contributed by atoms with Crippen molar-refractivity contribution < 1.29 is 14.3 Å². The number of ether oxygens (including phenoxy) is 1. The van der Waals surface area contributed by atoms with Gasteiger partial charge in [0.2, 0.25) is 11.8 Å². The summed E-state index contributed by atoms with van der Waals surface area (Å²) in [5, 5.41) is 2.83. The average molecular weight is 214 g/mol. The van der Waals surface area contributed by atoms with Crippen molar-refractivity contribution in [2.75, 3.05) is 13.2 Å². The van der Waals surface area contributed by atoms with E-state index in [0.29, 0.717) is 25.6 Å². The molecule has 0 atom stereocenters. The SMILES string of the molecule is CC(C)CC(=O)NC1(CC(N)=O)COC1. The fourth-order valence-electron chi connectivity index (χ4n) is 1.62. The van der Waals surface area contributed by atoms with E-state index in [1.807, 2.05) is 13.8 Å². The second kappa shape index (κ2) is 4.61. The van der Waals surface area contributed by atoms with E-state index in [4.69, 9.17) is 10.5 Å². The molecule has 5 heteroatoms. The summed E-state index contributed by atoms with van der Waals surface area (Å²) in [5.74, 6) is -0.158. The van der Waals surface area contributed by atoms with Crippen molar-refractivity contribution in [3.05, 3.63) is 0 Å². The van der Waals surface area contributed by atoms with Gasteiger partial charge in [-0.15, -0.1) is 0 Å². The second-order valence-electron chi connectivity index (χ2n) is 4.56. The molecule has 15 heavy (non-hydrogen) atoms. The molecular formula is C10H18N2O3. The molecule has 2 amide bonds. The van der Waals surface area contributed by atoms with Gasteiger partial charge in [-0.2, -0.15) is 0 Å². The van der Waals surface area contributed by atoms with E-state index in [9.17, 15) is 9.59 Å². The lowest BCUT2D eigenvalue weighted by molar-refractivity contribution is -0.138. The van der Waals surface area contributed by atoms with Gasteiger partial charge in [0.1, 0.15) is 0 Å². The first kappa shape index (κ1) is 12.0. The lowest BCUT2D eigenvalue weighted by Gasteiger charge is -2.41. The third-order valence-corrected chi connectivity index (χ3v) is 2.27. The Kier molecular flexibility index (Phi) is 3.68. The Morgan fingerprint density at radius 2 is 2.07 bits per heavy atom. The highest BCUT2D eigenvalue weighted by atomic mass is 16.5. The highest BCUT2D eigenvalue weighted by molar-refractivity contribution is 5.80. The van der Waals surface area contributed by atoms with Gasteiger partial charge in [-0.1, -0.05) is 13.8 Å². The molecule has 1 saturated heterocycles. The molecule has 1 aliphatic rings. The summed E-state index contributed by atoms with van der Waals surface area (Å²) in [6, 6.07) is 0. The molecular weight excluding hydrogens is 196 g/mol. The molecule has 0 aliphatic carbocycles. The van der Waals surface area contributed by atoms with Gasteiger partial charge in [-0.25, -0.2) is 0 Å². The maximum Gasteiger partial charge on any atom is 0.220 e. The van der Waals surface area contributed by atoms with Crippen LogP contribution in [0.4, 0.5) is 0 Å². The highest BCUT2D eigenvalue weighted by Crippen LogP contribution is 2.21. The highest BCUT2D eigenvalue weighted by Gasteiger charge is 2.41. The van der Waals surface area contributed by atoms with Crippen molar-refractivity contribution in [1.29, 1.82) is 0 Å². The van der Waals surface area contributed by atoms with Gasteiger partial charge in [0, 0.05) is 6.42 Å². The van der Waals surface area contributed by atoms with Crippen molar-refractivity contribution in [2.45, 2.75) is 32.2 Å². The summed E-state index contributed by atoms with van der Waals surface area (Å²) < 4.78 is 5.02. The Hall–Kier alpha value is -1.10. The number of nitrogens with one attached hydrogen (secondary N) is 1. The van der Waals surface area contributed by atoms with Crippen molar-refractivity contribution in [1.82, 2.24) is 5.32 Å². The number of hydrogen-bond donors (Lipinski definition) is 2. The normalized spacial score (nSPS) is 18.3. The van der Waals surface area contributed by atoms with Crippen LogP contribution >= 0.6 is 0 Å². The molecule has 0 bridgehead atoms. The van der Waals surface area contributed by atoms with E-state index >= 15 is 0 Å². The molecule has 0 saturated carbocycles. The monoisotopic (exact) mass is 214 g/mol. The number of nitrogens with two attached hydrogens (primary N) is 1. The van der Waals surface area contributed by atoms with E-state index in [1.54, 1.807) is 0 Å². The molecule has 1 rings (SSSR count). The van der Waals surface area contributed by atoms with Gasteiger partial charge in [0.15, 0.2) is 0 Å². The summed E-state index contributed by atoms with van der Waals surface area (Å²) in [4.78, 5) is 22.4. The molecule has 0 radical (unpaired) electrons. The van der Waals surface area contributed by atoms with Gasteiger partial charge in [0.05, 0.1) is 25.2 Å². The molecule has 1 fully saturated rings. The van der Waals surface area contributed by atoms with E-state index in [-0.39, 0.29) is 12.3 Å². The zero-order chi connectivity index (χ0) is 11.5. The average Bonchev–Trinajstić information content (AvgIpc) is 1.97. The van der Waals surface area contributed by atoms with Gasteiger partial charge in [-0.3, -0.25) is 9.59 Å². The predicted octanol–water partition coefficient (Wildman–Crippen LogP) is -0.207. The van der Waals surface area contributed by atoms with Crippen LogP contribution in [0.5, 0.6) is 0 Å². The van der Waals surface area contributed by atoms with Crippen molar-refractivity contribution in [3.63, 3.8) is 0 Å². The zero-order valence-electron chi connectivity index (χ0n) is 9.21. The Labute approximate surface area is 89.3 Å². The zero-order valence-corrected chi connectivity index (χ0v) is 9.21. The number of amides is 2. The number of carbonyl (C=O) groups is 2. The lowest BCUT2D eigenvalue weighted by Crippen LogP contribution is -2.63. The first-order chi connectivity index (χ1) is 6.93. The van der Waals surface area contributed by atoms with Crippen LogP contribution in [0.25, 0.3) is 0 Å². The maximum atomic E-state index is 11.5. The van der Waals surface area contributed by atoms with Crippen LogP contribution < -0.4 is 11.1 Å². The summed E-state index contributed by atoms with van der Waals surface area (Å²) in [6.07, 6.45) is 0.608. The third kappa shape index (κ3) is 3.51. The molecule has 0 aromatic rings. The number of carbonyl (C=O) groups excluding carboxylic acids is 2. The Bertz CT molecular complexity index is 259. The Morgan fingerprint density at radius 1 is 1.47 bits per heavy atom. The standard InChI is InChI=1S/C10H18N2O3/c1-7(2)3-9(14)12-10(4-8(11)13)5-15-6-10/h7H,3-6H2,1-2H3,(H2,11,13)(H,12,14). The summed E-state index contributed by atoms with van der Waals surface area (Å²) >= 11 is 0. The van der Waals surface area contributed by atoms with E-state index in [2.05, 4.69) is 5.32 Å². The maximum absolute atomic E-state index is 11.5. The van der Waals surface area contributed by atoms with Crippen LogP contribution in [0.1, 0.15) is 26.7 Å². The minimum Gasteiger partial charge on any atom is -0.376 e. The van der Waals surface area contributed by atoms with Crippen molar-refractivity contribution in [3.8, 4) is 0 Å². The predicted molar refractivity (Wildman–Crippen MR) is 55.0 cm³/mol. The Morgan fingerprint density at radius 3 is 2.40 bits per heavy atom. The second-order valence-corrected chi connectivity index (χ2v) is 4.56. The van der Waals surface area contributed by atoms with Crippen molar-refractivity contribution in [2.24, 2.45) is 11.7 Å². The van der Waals surface area contributed by atoms with E-state index in [0.717, 1.165) is 0 Å². The first-order valence-electron chi connectivity index (χ1n) is 5.10. The van der Waals surface area contributed by atoms with E-state index < -0.39 is 11.4 Å². The molecule has 1 heterocycles. The fourth-order valence-corrected chi connectivity index (χ4v) is 1.62. The molecule has 0 aromatic heterocycles. The summed E-state index contributed by atoms with van der Waals surface area (Å²) in [5.41, 5.74) is 4.58. The van der Waals surface area contributed by atoms with Crippen LogP contribution in [0.3, 0.4) is 0 Å². The summed E-state index contributed by atoms with van der Waals surface area (Å²) in [7, 11) is 0. The molecule has 86 valence electrons. The number of hydrogen-bond acceptors (Lipinski definition) is 3. The van der Waals surface area contributed by atoms with Gasteiger partial charge >= 0.3 is 0 Å². The molecule has 3 N–H and O–H groups in total. The quantitative estimate of drug-likeness (QED) is 0.664.